The highest BCUT2D eigenvalue weighted by atomic mass is 32.2. The van der Waals surface area contributed by atoms with E-state index in [9.17, 15) is 13.2 Å². The van der Waals surface area contributed by atoms with Crippen molar-refractivity contribution in [2.75, 3.05) is 18.4 Å². The Morgan fingerprint density at radius 1 is 1.10 bits per heavy atom. The van der Waals surface area contributed by atoms with Crippen LogP contribution in [-0.2, 0) is 14.8 Å². The van der Waals surface area contributed by atoms with Crippen LogP contribution in [-0.4, -0.2) is 51.9 Å². The maximum atomic E-state index is 13.0. The molecule has 1 aromatic heterocycles. The molecule has 3 aromatic rings. The molecular weight excluding hydrogens is 416 g/mol. The predicted molar refractivity (Wildman–Crippen MR) is 115 cm³/mol. The first-order valence-electron chi connectivity index (χ1n) is 10.1. The van der Waals surface area contributed by atoms with Crippen LogP contribution >= 0.6 is 0 Å². The highest BCUT2D eigenvalue weighted by Crippen LogP contribution is 2.27. The maximum absolute atomic E-state index is 13.0. The molecule has 1 saturated heterocycles. The smallest absolute Gasteiger partial charge is 0.243 e. The summed E-state index contributed by atoms with van der Waals surface area (Å²) >= 11 is 0. The molecule has 1 N–H and O–H groups in total. The third-order valence-corrected chi connectivity index (χ3v) is 7.56. The Morgan fingerprint density at radius 3 is 2.55 bits per heavy atom. The molecule has 10 heteroatoms. The molecule has 2 heterocycles. The van der Waals surface area contributed by atoms with Gasteiger partial charge in [0.1, 0.15) is 6.33 Å². The summed E-state index contributed by atoms with van der Waals surface area (Å²) in [6.07, 6.45) is 2.43. The van der Waals surface area contributed by atoms with Crippen molar-refractivity contribution in [1.82, 2.24) is 24.5 Å². The van der Waals surface area contributed by atoms with E-state index in [4.69, 9.17) is 0 Å². The van der Waals surface area contributed by atoms with Crippen molar-refractivity contribution >= 4 is 21.6 Å². The summed E-state index contributed by atoms with van der Waals surface area (Å²) in [6.45, 7) is 4.38. The third-order valence-electron chi connectivity index (χ3n) is 5.50. The molecule has 4 rings (SSSR count). The number of aryl methyl sites for hydroxylation is 2. The summed E-state index contributed by atoms with van der Waals surface area (Å²) < 4.78 is 29.1. The van der Waals surface area contributed by atoms with Crippen LogP contribution < -0.4 is 5.32 Å². The van der Waals surface area contributed by atoms with E-state index in [1.54, 1.807) is 18.2 Å². The molecule has 0 radical (unpaired) electrons. The normalized spacial score (nSPS) is 15.7. The van der Waals surface area contributed by atoms with E-state index in [0.717, 1.165) is 16.8 Å². The van der Waals surface area contributed by atoms with Crippen molar-refractivity contribution < 1.29 is 13.2 Å². The van der Waals surface area contributed by atoms with Crippen LogP contribution in [0.15, 0.2) is 53.7 Å². The Hall–Kier alpha value is -3.11. The summed E-state index contributed by atoms with van der Waals surface area (Å²) in [5.74, 6) is -0.361. The molecule has 0 saturated carbocycles. The van der Waals surface area contributed by atoms with E-state index in [2.05, 4.69) is 20.8 Å². The van der Waals surface area contributed by atoms with Gasteiger partial charge in [-0.1, -0.05) is 23.8 Å². The van der Waals surface area contributed by atoms with Gasteiger partial charge >= 0.3 is 0 Å². The van der Waals surface area contributed by atoms with Crippen LogP contribution in [0.2, 0.25) is 0 Å². The Bertz CT molecular complexity index is 1190. The van der Waals surface area contributed by atoms with Crippen molar-refractivity contribution in [3.63, 3.8) is 0 Å². The van der Waals surface area contributed by atoms with Gasteiger partial charge in [0.2, 0.25) is 15.9 Å². The average molecular weight is 441 g/mol. The zero-order chi connectivity index (χ0) is 22.0. The molecular formula is C21H24N6O3S. The number of nitrogens with one attached hydrogen (secondary N) is 1. The van der Waals surface area contributed by atoms with Crippen LogP contribution in [0.3, 0.4) is 0 Å². The quantitative estimate of drug-likeness (QED) is 0.652. The molecule has 1 aliphatic heterocycles. The van der Waals surface area contributed by atoms with E-state index in [-0.39, 0.29) is 11.8 Å². The van der Waals surface area contributed by atoms with Gasteiger partial charge in [0, 0.05) is 24.7 Å². The van der Waals surface area contributed by atoms with E-state index >= 15 is 0 Å². The Morgan fingerprint density at radius 2 is 1.87 bits per heavy atom. The monoisotopic (exact) mass is 440 g/mol. The van der Waals surface area contributed by atoms with E-state index in [1.165, 1.54) is 15.3 Å². The van der Waals surface area contributed by atoms with Crippen LogP contribution in [0.25, 0.3) is 5.69 Å². The van der Waals surface area contributed by atoms with Crippen molar-refractivity contribution in [2.45, 2.75) is 31.6 Å². The van der Waals surface area contributed by atoms with Crippen molar-refractivity contribution in [3.8, 4) is 5.69 Å². The minimum atomic E-state index is -3.57. The number of nitrogens with zero attached hydrogens (tertiary/aromatic N) is 5. The topological polar surface area (TPSA) is 110 Å². The number of sulfonamides is 1. The summed E-state index contributed by atoms with van der Waals surface area (Å²) in [5, 5.41) is 14.0. The summed E-state index contributed by atoms with van der Waals surface area (Å²) in [6, 6.07) is 12.6. The number of rotatable bonds is 5. The lowest BCUT2D eigenvalue weighted by Gasteiger charge is -2.31. The molecule has 1 fully saturated rings. The molecule has 31 heavy (non-hydrogen) atoms. The lowest BCUT2D eigenvalue weighted by Crippen LogP contribution is -2.41. The number of piperidine rings is 1. The lowest BCUT2D eigenvalue weighted by atomic mass is 9.97. The van der Waals surface area contributed by atoms with Gasteiger partial charge in [-0.3, -0.25) is 4.79 Å². The van der Waals surface area contributed by atoms with Gasteiger partial charge < -0.3 is 5.32 Å². The van der Waals surface area contributed by atoms with Gasteiger partial charge in [-0.2, -0.15) is 4.31 Å². The fourth-order valence-electron chi connectivity index (χ4n) is 3.84. The Balaban J connectivity index is 1.40. The van der Waals surface area contributed by atoms with Gasteiger partial charge in [0.05, 0.1) is 10.6 Å². The number of benzene rings is 2. The lowest BCUT2D eigenvalue weighted by molar-refractivity contribution is -0.120. The highest BCUT2D eigenvalue weighted by Gasteiger charge is 2.32. The van der Waals surface area contributed by atoms with Gasteiger partial charge in [-0.05, 0) is 66.9 Å². The summed E-state index contributed by atoms with van der Waals surface area (Å²) in [5.41, 5.74) is 3.14. The zero-order valence-corrected chi connectivity index (χ0v) is 18.2. The summed E-state index contributed by atoms with van der Waals surface area (Å²) in [4.78, 5) is 13.1. The number of hydrogen-bond acceptors (Lipinski definition) is 6. The molecule has 0 unspecified atom stereocenters. The largest absolute Gasteiger partial charge is 0.326 e. The van der Waals surface area contributed by atoms with Crippen LogP contribution in [0.4, 0.5) is 5.69 Å². The molecule has 162 valence electrons. The first-order valence-corrected chi connectivity index (χ1v) is 11.5. The number of amides is 1. The Kier molecular flexibility index (Phi) is 5.84. The minimum Gasteiger partial charge on any atom is -0.326 e. The molecule has 2 aromatic carbocycles. The molecule has 1 amide bonds. The second kappa shape index (κ2) is 8.56. The predicted octanol–water partition coefficient (Wildman–Crippen LogP) is 2.32. The second-order valence-electron chi connectivity index (χ2n) is 7.74. The van der Waals surface area contributed by atoms with Crippen LogP contribution in [0.1, 0.15) is 24.0 Å². The van der Waals surface area contributed by atoms with Crippen LogP contribution in [0.5, 0.6) is 0 Å². The highest BCUT2D eigenvalue weighted by molar-refractivity contribution is 7.89. The number of aromatic nitrogens is 4. The molecule has 1 aliphatic rings. The molecule has 0 bridgehead atoms. The van der Waals surface area contributed by atoms with Gasteiger partial charge in [-0.15, -0.1) is 5.10 Å². The molecule has 0 aliphatic carbocycles. The van der Waals surface area contributed by atoms with Crippen molar-refractivity contribution in [2.24, 2.45) is 5.92 Å². The van der Waals surface area contributed by atoms with Crippen LogP contribution in [0, 0.1) is 19.8 Å². The van der Waals surface area contributed by atoms with Gasteiger partial charge in [-0.25, -0.2) is 13.1 Å². The van der Waals surface area contributed by atoms with Crippen molar-refractivity contribution in [3.05, 3.63) is 59.9 Å². The SMILES string of the molecule is Cc1ccc(S(=O)(=O)N2CCC(C(=O)Nc3cccc(-n4cnnn4)c3)CC2)c(C)c1. The summed E-state index contributed by atoms with van der Waals surface area (Å²) in [7, 11) is -3.57. The molecule has 0 spiro atoms. The number of carbonyl (C=O) groups is 1. The first-order chi connectivity index (χ1) is 14.8. The maximum Gasteiger partial charge on any atom is 0.243 e. The van der Waals surface area contributed by atoms with E-state index in [0.29, 0.717) is 36.5 Å². The van der Waals surface area contributed by atoms with E-state index in [1.807, 2.05) is 38.1 Å². The van der Waals surface area contributed by atoms with Crippen molar-refractivity contribution in [1.29, 1.82) is 0 Å². The average Bonchev–Trinajstić information content (AvgIpc) is 3.29. The van der Waals surface area contributed by atoms with Gasteiger partial charge in [0.15, 0.2) is 0 Å². The number of tetrazole rings is 1. The number of hydrogen-bond donors (Lipinski definition) is 1. The fraction of sp³-hybridized carbons (Fsp3) is 0.333. The number of anilines is 1. The van der Waals surface area contributed by atoms with E-state index < -0.39 is 10.0 Å². The zero-order valence-electron chi connectivity index (χ0n) is 17.4. The fourth-order valence-corrected chi connectivity index (χ4v) is 5.51. The number of carbonyl (C=O) groups excluding carboxylic acids is 1. The van der Waals surface area contributed by atoms with Gasteiger partial charge in [0.25, 0.3) is 0 Å². The minimum absolute atomic E-state index is 0.113. The Labute approximate surface area is 181 Å². The third kappa shape index (κ3) is 4.49. The first kappa shape index (κ1) is 21.1. The molecule has 0 atom stereocenters. The molecule has 9 nitrogen and oxygen atoms in total. The standard InChI is InChI=1S/C21H24N6O3S/c1-15-6-7-20(16(2)12-15)31(29,30)26-10-8-17(9-11-26)21(28)23-18-4-3-5-19(13-18)27-14-22-24-25-27/h3-7,12-14,17H,8-11H2,1-2H3,(H,23,28). The second-order valence-corrected chi connectivity index (χ2v) is 9.65.